The molecule has 44 valence electrons. The normalized spacial score (nSPS) is 9.62. The van der Waals surface area contributed by atoms with Crippen molar-refractivity contribution in [2.45, 2.75) is 19.9 Å². The SMILES string of the molecule is CCC[n+]1ccsc1. The predicted molar refractivity (Wildman–Crippen MR) is 34.8 cm³/mol. The fourth-order valence-electron chi connectivity index (χ4n) is 0.647. The van der Waals surface area contributed by atoms with Crippen LogP contribution in [0, 0.1) is 0 Å². The Balaban J connectivity index is 2.50. The quantitative estimate of drug-likeness (QED) is 0.531. The topological polar surface area (TPSA) is 3.88 Å². The molecule has 8 heavy (non-hydrogen) atoms. The molecule has 0 aromatic carbocycles. The molecule has 0 saturated carbocycles. The van der Waals surface area contributed by atoms with Crippen LogP contribution in [0.15, 0.2) is 17.1 Å². The van der Waals surface area contributed by atoms with Crippen molar-refractivity contribution >= 4 is 11.3 Å². The van der Waals surface area contributed by atoms with Gasteiger partial charge in [0.1, 0.15) is 6.54 Å². The summed E-state index contributed by atoms with van der Waals surface area (Å²) in [7, 11) is 0. The summed E-state index contributed by atoms with van der Waals surface area (Å²) in [6.45, 7) is 3.34. The third-order valence-corrected chi connectivity index (χ3v) is 1.68. The first kappa shape index (κ1) is 5.76. The molecule has 1 nitrogen and oxygen atoms in total. The lowest BCUT2D eigenvalue weighted by atomic mass is 10.5. The molecule has 0 aliphatic heterocycles. The van der Waals surface area contributed by atoms with E-state index in [2.05, 4.69) is 28.6 Å². The number of aryl methyl sites for hydroxylation is 1. The molecule has 0 amide bonds. The van der Waals surface area contributed by atoms with E-state index in [1.807, 2.05) is 0 Å². The predicted octanol–water partition coefficient (Wildman–Crippen LogP) is 1.45. The van der Waals surface area contributed by atoms with Gasteiger partial charge >= 0.3 is 0 Å². The van der Waals surface area contributed by atoms with Gasteiger partial charge in [-0.3, -0.25) is 0 Å². The Kier molecular flexibility index (Phi) is 2.03. The number of thiazole rings is 1. The van der Waals surface area contributed by atoms with Gasteiger partial charge in [-0.05, 0) is 0 Å². The maximum atomic E-state index is 2.20. The van der Waals surface area contributed by atoms with Crippen LogP contribution >= 0.6 is 11.3 Å². The molecule has 0 saturated heterocycles. The van der Waals surface area contributed by atoms with Crippen molar-refractivity contribution in [2.24, 2.45) is 0 Å². The minimum Gasteiger partial charge on any atom is -0.195 e. The molecule has 0 radical (unpaired) electrons. The van der Waals surface area contributed by atoms with Crippen molar-refractivity contribution in [2.75, 3.05) is 0 Å². The Labute approximate surface area is 53.6 Å². The maximum Gasteiger partial charge on any atom is 0.224 e. The molecule has 2 heteroatoms. The molecule has 0 N–H and O–H groups in total. The van der Waals surface area contributed by atoms with Crippen molar-refractivity contribution in [3.63, 3.8) is 0 Å². The standard InChI is InChI=1S/C6H10NS/c1-2-3-7-4-5-8-6-7/h4-6H,2-3H2,1H3/q+1. The van der Waals surface area contributed by atoms with E-state index in [9.17, 15) is 0 Å². The summed E-state index contributed by atoms with van der Waals surface area (Å²) in [6, 6.07) is 0. The fourth-order valence-corrected chi connectivity index (χ4v) is 1.28. The van der Waals surface area contributed by atoms with Crippen molar-refractivity contribution in [1.82, 2.24) is 0 Å². The number of hydrogen-bond donors (Lipinski definition) is 0. The van der Waals surface area contributed by atoms with Crippen LogP contribution in [0.5, 0.6) is 0 Å². The van der Waals surface area contributed by atoms with Crippen LogP contribution in [0.1, 0.15) is 13.3 Å². The van der Waals surface area contributed by atoms with Gasteiger partial charge in [0.15, 0.2) is 6.20 Å². The van der Waals surface area contributed by atoms with E-state index in [1.165, 1.54) is 6.42 Å². The maximum absolute atomic E-state index is 2.20. The summed E-state index contributed by atoms with van der Waals surface area (Å²) < 4.78 is 2.20. The van der Waals surface area contributed by atoms with Crippen LogP contribution in [-0.4, -0.2) is 0 Å². The molecule has 1 rings (SSSR count). The fraction of sp³-hybridized carbons (Fsp3) is 0.500. The molecule has 1 heterocycles. The zero-order chi connectivity index (χ0) is 5.82. The molecule has 1 aromatic heterocycles. The lowest BCUT2D eigenvalue weighted by molar-refractivity contribution is -0.692. The first-order valence-electron chi connectivity index (χ1n) is 2.84. The third kappa shape index (κ3) is 1.30. The average Bonchev–Trinajstić information content (AvgIpc) is 2.19. The van der Waals surface area contributed by atoms with Gasteiger partial charge in [-0.1, -0.05) is 18.3 Å². The summed E-state index contributed by atoms with van der Waals surface area (Å²) in [4.78, 5) is 0. The second-order valence-corrected chi connectivity index (χ2v) is 2.52. The van der Waals surface area contributed by atoms with Gasteiger partial charge in [0.2, 0.25) is 5.51 Å². The zero-order valence-electron chi connectivity index (χ0n) is 5.00. The Morgan fingerprint density at radius 1 is 1.62 bits per heavy atom. The summed E-state index contributed by atoms with van der Waals surface area (Å²) in [5.74, 6) is 0. The van der Waals surface area contributed by atoms with Gasteiger partial charge in [-0.25, -0.2) is 0 Å². The van der Waals surface area contributed by atoms with Crippen molar-refractivity contribution in [3.05, 3.63) is 17.1 Å². The van der Waals surface area contributed by atoms with Crippen LogP contribution in [0.25, 0.3) is 0 Å². The Morgan fingerprint density at radius 3 is 3.00 bits per heavy atom. The largest absolute Gasteiger partial charge is 0.224 e. The number of aromatic nitrogens is 1. The van der Waals surface area contributed by atoms with Crippen LogP contribution in [0.2, 0.25) is 0 Å². The molecule has 0 fully saturated rings. The average molecular weight is 128 g/mol. The number of nitrogens with zero attached hydrogens (tertiary/aromatic N) is 1. The summed E-state index contributed by atoms with van der Waals surface area (Å²) in [5, 5.41) is 2.09. The summed E-state index contributed by atoms with van der Waals surface area (Å²) >= 11 is 1.74. The summed E-state index contributed by atoms with van der Waals surface area (Å²) in [6.07, 6.45) is 3.33. The minimum absolute atomic E-state index is 1.16. The third-order valence-electron chi connectivity index (χ3n) is 1.01. The Bertz CT molecular complexity index is 134. The first-order chi connectivity index (χ1) is 3.93. The molecular formula is C6H10NS+. The second-order valence-electron chi connectivity index (χ2n) is 1.76. The van der Waals surface area contributed by atoms with Crippen LogP contribution in [-0.2, 0) is 6.54 Å². The molecular weight excluding hydrogens is 118 g/mol. The minimum atomic E-state index is 1.16. The van der Waals surface area contributed by atoms with E-state index in [4.69, 9.17) is 0 Å². The Hall–Kier alpha value is -0.370. The van der Waals surface area contributed by atoms with Gasteiger partial charge in [0, 0.05) is 6.42 Å². The van der Waals surface area contributed by atoms with Crippen LogP contribution < -0.4 is 4.57 Å². The monoisotopic (exact) mass is 128 g/mol. The van der Waals surface area contributed by atoms with Gasteiger partial charge in [0.25, 0.3) is 0 Å². The zero-order valence-corrected chi connectivity index (χ0v) is 5.82. The van der Waals surface area contributed by atoms with Crippen LogP contribution in [0.3, 0.4) is 0 Å². The molecule has 0 unspecified atom stereocenters. The number of rotatable bonds is 2. The van der Waals surface area contributed by atoms with E-state index in [0.29, 0.717) is 0 Å². The first-order valence-corrected chi connectivity index (χ1v) is 3.79. The molecule has 0 aliphatic carbocycles. The molecule has 0 bridgehead atoms. The van der Waals surface area contributed by atoms with Crippen molar-refractivity contribution in [3.8, 4) is 0 Å². The van der Waals surface area contributed by atoms with Gasteiger partial charge in [-0.2, -0.15) is 4.57 Å². The van der Waals surface area contributed by atoms with E-state index in [1.54, 1.807) is 11.3 Å². The molecule has 0 aliphatic rings. The van der Waals surface area contributed by atoms with Crippen molar-refractivity contribution in [1.29, 1.82) is 0 Å². The molecule has 1 aromatic rings. The summed E-state index contributed by atoms with van der Waals surface area (Å²) in [5.41, 5.74) is 2.13. The van der Waals surface area contributed by atoms with Crippen molar-refractivity contribution < 1.29 is 4.57 Å². The molecule has 0 spiro atoms. The molecule has 0 atom stereocenters. The van der Waals surface area contributed by atoms with Gasteiger partial charge in [0.05, 0.1) is 5.38 Å². The lowest BCUT2D eigenvalue weighted by Gasteiger charge is -1.81. The highest BCUT2D eigenvalue weighted by molar-refractivity contribution is 7.07. The highest BCUT2D eigenvalue weighted by Gasteiger charge is 1.93. The second kappa shape index (κ2) is 2.82. The lowest BCUT2D eigenvalue weighted by Crippen LogP contribution is -2.29. The highest BCUT2D eigenvalue weighted by Crippen LogP contribution is 1.87. The highest BCUT2D eigenvalue weighted by atomic mass is 32.1. The van der Waals surface area contributed by atoms with Gasteiger partial charge in [-0.15, -0.1) is 0 Å². The van der Waals surface area contributed by atoms with E-state index >= 15 is 0 Å². The number of hydrogen-bond acceptors (Lipinski definition) is 1. The van der Waals surface area contributed by atoms with Gasteiger partial charge < -0.3 is 0 Å². The van der Waals surface area contributed by atoms with E-state index in [-0.39, 0.29) is 0 Å². The van der Waals surface area contributed by atoms with Crippen LogP contribution in [0.4, 0.5) is 0 Å². The Morgan fingerprint density at radius 2 is 2.50 bits per heavy atom. The van der Waals surface area contributed by atoms with E-state index in [0.717, 1.165) is 6.54 Å². The van der Waals surface area contributed by atoms with E-state index < -0.39 is 0 Å². The smallest absolute Gasteiger partial charge is 0.195 e.